The Bertz CT molecular complexity index is 1450. The van der Waals surface area contributed by atoms with Crippen molar-refractivity contribution in [1.29, 1.82) is 0 Å². The molecule has 0 spiro atoms. The molecule has 5 rings (SSSR count). The van der Waals surface area contributed by atoms with Gasteiger partial charge in [0.05, 0.1) is 12.8 Å². The number of amides is 1. The van der Waals surface area contributed by atoms with Crippen LogP contribution in [-0.2, 0) is 11.3 Å². The fourth-order valence-corrected chi connectivity index (χ4v) is 4.98. The number of anilines is 1. The molecule has 1 amide bonds. The number of benzene rings is 3. The zero-order chi connectivity index (χ0) is 24.9. The fourth-order valence-electron chi connectivity index (χ4n) is 3.95. The summed E-state index contributed by atoms with van der Waals surface area (Å²) in [6.07, 6.45) is 1.62. The Morgan fingerprint density at radius 1 is 0.944 bits per heavy atom. The van der Waals surface area contributed by atoms with Crippen LogP contribution in [0.25, 0.3) is 11.6 Å². The van der Waals surface area contributed by atoms with Gasteiger partial charge >= 0.3 is 0 Å². The van der Waals surface area contributed by atoms with Gasteiger partial charge in [-0.1, -0.05) is 84.6 Å². The number of hydrogen-bond donors (Lipinski definition) is 1. The summed E-state index contributed by atoms with van der Waals surface area (Å²) in [7, 11) is 0. The standard InChI is InChI=1S/C29H26N4O2S/c1-20-15-16-21(2)24(18-20)30-28(34)26(23-12-7-4-8-13-23)36-29-32-31-27(25-14-9-17-35-25)33(29)19-22-10-5-3-6-11-22/h3-18,26H,19H2,1-2H3,(H,30,34)/t26-/m0/s1. The van der Waals surface area contributed by atoms with Crippen molar-refractivity contribution < 1.29 is 9.21 Å². The zero-order valence-corrected chi connectivity index (χ0v) is 20.9. The monoisotopic (exact) mass is 494 g/mol. The van der Waals surface area contributed by atoms with Crippen molar-refractivity contribution in [3.8, 4) is 11.6 Å². The van der Waals surface area contributed by atoms with Crippen molar-refractivity contribution in [3.05, 3.63) is 120 Å². The third kappa shape index (κ3) is 5.26. The molecule has 2 aromatic heterocycles. The van der Waals surface area contributed by atoms with Crippen LogP contribution < -0.4 is 5.32 Å². The number of hydrogen-bond acceptors (Lipinski definition) is 5. The Morgan fingerprint density at radius 3 is 2.42 bits per heavy atom. The molecular formula is C29H26N4O2S. The lowest BCUT2D eigenvalue weighted by Crippen LogP contribution is -2.20. The summed E-state index contributed by atoms with van der Waals surface area (Å²) in [5, 5.41) is 12.2. The molecule has 0 aliphatic heterocycles. The van der Waals surface area contributed by atoms with Gasteiger partial charge in [-0.25, -0.2) is 0 Å². The molecule has 5 aromatic rings. The number of thioether (sulfide) groups is 1. The van der Waals surface area contributed by atoms with E-state index in [4.69, 9.17) is 4.42 Å². The van der Waals surface area contributed by atoms with Gasteiger partial charge in [0.15, 0.2) is 10.9 Å². The maximum atomic E-state index is 13.7. The molecule has 3 aromatic carbocycles. The van der Waals surface area contributed by atoms with Gasteiger partial charge in [-0.3, -0.25) is 9.36 Å². The first-order valence-corrected chi connectivity index (χ1v) is 12.6. The molecule has 180 valence electrons. The highest BCUT2D eigenvalue weighted by Gasteiger charge is 2.27. The van der Waals surface area contributed by atoms with Crippen molar-refractivity contribution in [1.82, 2.24) is 14.8 Å². The highest BCUT2D eigenvalue weighted by Crippen LogP contribution is 2.37. The molecular weight excluding hydrogens is 468 g/mol. The van der Waals surface area contributed by atoms with E-state index >= 15 is 0 Å². The minimum absolute atomic E-state index is 0.117. The van der Waals surface area contributed by atoms with Crippen molar-refractivity contribution >= 4 is 23.4 Å². The van der Waals surface area contributed by atoms with Crippen LogP contribution in [0.15, 0.2) is 107 Å². The molecule has 0 saturated heterocycles. The van der Waals surface area contributed by atoms with Crippen LogP contribution in [0.3, 0.4) is 0 Å². The summed E-state index contributed by atoms with van der Waals surface area (Å²) in [4.78, 5) is 13.7. The molecule has 0 aliphatic carbocycles. The predicted octanol–water partition coefficient (Wildman–Crippen LogP) is 6.68. The van der Waals surface area contributed by atoms with E-state index in [0.717, 1.165) is 27.9 Å². The maximum absolute atomic E-state index is 13.7. The molecule has 7 heteroatoms. The third-order valence-corrected chi connectivity index (χ3v) is 7.09. The van der Waals surface area contributed by atoms with Crippen molar-refractivity contribution in [2.75, 3.05) is 5.32 Å². The molecule has 0 aliphatic rings. The third-order valence-electron chi connectivity index (χ3n) is 5.86. The molecule has 0 bridgehead atoms. The molecule has 0 radical (unpaired) electrons. The van der Waals surface area contributed by atoms with Crippen LogP contribution in [0.2, 0.25) is 0 Å². The van der Waals surface area contributed by atoms with E-state index < -0.39 is 5.25 Å². The first-order chi connectivity index (χ1) is 17.6. The second-order valence-electron chi connectivity index (χ2n) is 8.57. The van der Waals surface area contributed by atoms with Gasteiger partial charge in [0.25, 0.3) is 0 Å². The van der Waals surface area contributed by atoms with Crippen LogP contribution >= 0.6 is 11.8 Å². The van der Waals surface area contributed by atoms with Crippen LogP contribution in [0.5, 0.6) is 0 Å². The molecule has 6 nitrogen and oxygen atoms in total. The van der Waals surface area contributed by atoms with E-state index in [-0.39, 0.29) is 5.91 Å². The summed E-state index contributed by atoms with van der Waals surface area (Å²) >= 11 is 1.38. The molecule has 0 fully saturated rings. The van der Waals surface area contributed by atoms with Crippen molar-refractivity contribution in [2.45, 2.75) is 30.8 Å². The van der Waals surface area contributed by atoms with Gasteiger partial charge < -0.3 is 9.73 Å². The van der Waals surface area contributed by atoms with Gasteiger partial charge in [-0.15, -0.1) is 10.2 Å². The number of furan rings is 1. The number of carbonyl (C=O) groups is 1. The predicted molar refractivity (Wildman–Crippen MR) is 143 cm³/mol. The molecule has 0 saturated carbocycles. The summed E-state index contributed by atoms with van der Waals surface area (Å²) < 4.78 is 7.64. The molecule has 0 unspecified atom stereocenters. The number of aryl methyl sites for hydroxylation is 2. The summed E-state index contributed by atoms with van der Waals surface area (Å²) in [5.41, 5.74) is 4.90. The van der Waals surface area contributed by atoms with Gasteiger partial charge in [-0.05, 0) is 54.3 Å². The summed E-state index contributed by atoms with van der Waals surface area (Å²) in [5.74, 6) is 1.13. The van der Waals surface area contributed by atoms with Gasteiger partial charge in [0.2, 0.25) is 11.7 Å². The minimum Gasteiger partial charge on any atom is -0.461 e. The van der Waals surface area contributed by atoms with Crippen molar-refractivity contribution in [2.24, 2.45) is 0 Å². The largest absolute Gasteiger partial charge is 0.461 e. The first-order valence-electron chi connectivity index (χ1n) is 11.7. The lowest BCUT2D eigenvalue weighted by molar-refractivity contribution is -0.115. The van der Waals surface area contributed by atoms with Crippen LogP contribution in [-0.4, -0.2) is 20.7 Å². The molecule has 36 heavy (non-hydrogen) atoms. The van der Waals surface area contributed by atoms with Crippen LogP contribution in [0, 0.1) is 13.8 Å². The molecule has 1 atom stereocenters. The zero-order valence-electron chi connectivity index (χ0n) is 20.1. The normalized spacial score (nSPS) is 11.8. The van der Waals surface area contributed by atoms with Gasteiger partial charge in [0.1, 0.15) is 5.25 Å². The SMILES string of the molecule is Cc1ccc(C)c(NC(=O)[C@@H](Sc2nnc(-c3ccco3)n2Cc2ccccc2)c2ccccc2)c1. The Labute approximate surface area is 214 Å². The van der Waals surface area contributed by atoms with E-state index in [2.05, 4.69) is 27.6 Å². The van der Waals surface area contributed by atoms with E-state index in [1.54, 1.807) is 6.26 Å². The average molecular weight is 495 g/mol. The second kappa shape index (κ2) is 10.7. The molecule has 2 heterocycles. The smallest absolute Gasteiger partial charge is 0.242 e. The first kappa shape index (κ1) is 23.6. The maximum Gasteiger partial charge on any atom is 0.242 e. The van der Waals surface area contributed by atoms with Crippen LogP contribution in [0.1, 0.15) is 27.5 Å². The number of rotatable bonds is 8. The Balaban J connectivity index is 1.52. The number of carbonyl (C=O) groups excluding carboxylic acids is 1. The lowest BCUT2D eigenvalue weighted by Gasteiger charge is -2.18. The topological polar surface area (TPSA) is 73.0 Å². The summed E-state index contributed by atoms with van der Waals surface area (Å²) in [6.45, 7) is 4.55. The van der Waals surface area contributed by atoms with E-state index in [9.17, 15) is 4.79 Å². The van der Waals surface area contributed by atoms with E-state index in [1.807, 2.05) is 97.3 Å². The Hall–Kier alpha value is -4.10. The van der Waals surface area contributed by atoms with Crippen LogP contribution in [0.4, 0.5) is 5.69 Å². The number of nitrogens with zero attached hydrogens (tertiary/aromatic N) is 3. The fraction of sp³-hybridized carbons (Fsp3) is 0.138. The van der Waals surface area contributed by atoms with Gasteiger partial charge in [-0.2, -0.15) is 0 Å². The lowest BCUT2D eigenvalue weighted by atomic mass is 10.1. The Kier molecular flexibility index (Phi) is 7.00. The molecule has 1 N–H and O–H groups in total. The average Bonchev–Trinajstić information content (AvgIpc) is 3.56. The number of aromatic nitrogens is 3. The van der Waals surface area contributed by atoms with E-state index in [1.165, 1.54) is 11.8 Å². The quantitative estimate of drug-likeness (QED) is 0.244. The minimum atomic E-state index is -0.533. The van der Waals surface area contributed by atoms with E-state index in [0.29, 0.717) is 23.3 Å². The highest BCUT2D eigenvalue weighted by molar-refractivity contribution is 8.00. The van der Waals surface area contributed by atoms with Crippen molar-refractivity contribution in [3.63, 3.8) is 0 Å². The summed E-state index contributed by atoms with van der Waals surface area (Å²) in [6, 6.07) is 29.6. The van der Waals surface area contributed by atoms with Gasteiger partial charge in [0, 0.05) is 5.69 Å². The Morgan fingerprint density at radius 2 is 1.69 bits per heavy atom. The number of nitrogens with one attached hydrogen (secondary N) is 1. The highest BCUT2D eigenvalue weighted by atomic mass is 32.2. The second-order valence-corrected chi connectivity index (χ2v) is 9.64.